The van der Waals surface area contributed by atoms with E-state index in [2.05, 4.69) is 81.5 Å². The third kappa shape index (κ3) is 46.2. The van der Waals surface area contributed by atoms with Crippen LogP contribution in [0.1, 0.15) is 245 Å². The Hall–Kier alpha value is -2.89. The molecular weight excluding hydrogens is 745 g/mol. The molecule has 60 heavy (non-hydrogen) atoms. The molecule has 0 fully saturated rings. The average Bonchev–Trinajstić information content (AvgIpc) is 3.24. The number of ether oxygens (including phenoxy) is 3. The molecule has 0 N–H and O–H groups in total. The first-order valence-electron chi connectivity index (χ1n) is 25.3. The number of hydrogen-bond donors (Lipinski definition) is 0. The Balaban J connectivity index is 4.43. The minimum absolute atomic E-state index is 0.0894. The summed E-state index contributed by atoms with van der Waals surface area (Å²) in [5.41, 5.74) is 0. The maximum Gasteiger partial charge on any atom is 0.306 e. The van der Waals surface area contributed by atoms with Crippen LogP contribution in [-0.2, 0) is 28.6 Å². The molecule has 0 rings (SSSR count). The van der Waals surface area contributed by atoms with Gasteiger partial charge in [-0.3, -0.25) is 14.4 Å². The number of unbranched alkanes of at least 4 members (excludes halogenated alkanes) is 24. The van der Waals surface area contributed by atoms with Crippen LogP contribution in [0, 0.1) is 0 Å². The topological polar surface area (TPSA) is 78.9 Å². The van der Waals surface area contributed by atoms with Gasteiger partial charge in [-0.25, -0.2) is 0 Å². The number of esters is 3. The maximum atomic E-state index is 12.8. The monoisotopic (exact) mass is 839 g/mol. The molecule has 1 unspecified atom stereocenters. The lowest BCUT2D eigenvalue weighted by molar-refractivity contribution is -0.167. The van der Waals surface area contributed by atoms with Crippen LogP contribution in [0.4, 0.5) is 0 Å². The molecule has 346 valence electrons. The lowest BCUT2D eigenvalue weighted by Gasteiger charge is -2.18. The Morgan fingerprint density at radius 2 is 0.633 bits per heavy atom. The van der Waals surface area contributed by atoms with Gasteiger partial charge in [0.15, 0.2) is 6.10 Å². The number of allylic oxidation sites excluding steroid dienone is 10. The summed E-state index contributed by atoms with van der Waals surface area (Å²) in [5.74, 6) is -0.923. The fraction of sp³-hybridized carbons (Fsp3) is 0.759. The van der Waals surface area contributed by atoms with Crippen molar-refractivity contribution in [3.63, 3.8) is 0 Å². The fourth-order valence-electron chi connectivity index (χ4n) is 6.86. The van der Waals surface area contributed by atoms with E-state index < -0.39 is 6.10 Å². The molecule has 0 saturated carbocycles. The maximum absolute atomic E-state index is 12.8. The van der Waals surface area contributed by atoms with Crippen molar-refractivity contribution in [2.45, 2.75) is 252 Å². The second-order valence-electron chi connectivity index (χ2n) is 16.7. The molecule has 0 aliphatic heterocycles. The van der Waals surface area contributed by atoms with E-state index in [0.29, 0.717) is 19.3 Å². The van der Waals surface area contributed by atoms with Crippen LogP contribution >= 0.6 is 0 Å². The van der Waals surface area contributed by atoms with Crippen LogP contribution in [0.3, 0.4) is 0 Å². The molecule has 6 heteroatoms. The smallest absolute Gasteiger partial charge is 0.306 e. The molecule has 0 aliphatic rings. The molecule has 0 radical (unpaired) electrons. The summed E-state index contributed by atoms with van der Waals surface area (Å²) < 4.78 is 16.8. The molecule has 1 atom stereocenters. The average molecular weight is 839 g/mol. The van der Waals surface area contributed by atoms with Crippen molar-refractivity contribution in [3.8, 4) is 0 Å². The third-order valence-electron chi connectivity index (χ3n) is 10.7. The summed E-state index contributed by atoms with van der Waals surface area (Å²) in [7, 11) is 0. The number of rotatable bonds is 45. The van der Waals surface area contributed by atoms with Gasteiger partial charge >= 0.3 is 17.9 Å². The standard InChI is InChI=1S/C54H94O6/c1-4-7-10-13-16-19-22-25-27-30-32-35-38-41-44-47-53(56)59-50-51(49-58-52(55)46-43-40-37-34-31-28-24-21-18-15-12-9-6-3)60-54(57)48-45-42-39-36-33-29-26-23-20-17-14-11-8-5-2/h12,15-16,19,21,23-27,51H,4-11,13-14,17-18,20,22,28-50H2,1-3H3/b15-12-,19-16-,24-21-,26-23-,27-25-. The Labute approximate surface area is 370 Å². The Morgan fingerprint density at radius 1 is 0.333 bits per heavy atom. The normalized spacial score (nSPS) is 12.5. The largest absolute Gasteiger partial charge is 0.462 e. The van der Waals surface area contributed by atoms with Crippen molar-refractivity contribution in [2.24, 2.45) is 0 Å². The number of hydrogen-bond acceptors (Lipinski definition) is 6. The van der Waals surface area contributed by atoms with Crippen LogP contribution in [0.2, 0.25) is 0 Å². The summed E-state index contributed by atoms with van der Waals surface area (Å²) in [6, 6.07) is 0. The quantitative estimate of drug-likeness (QED) is 0.0263. The lowest BCUT2D eigenvalue weighted by Crippen LogP contribution is -2.30. The zero-order chi connectivity index (χ0) is 43.7. The SMILES string of the molecule is CCC/C=C\C/C=C\CCCCCCCC(=O)OCC(COC(=O)CCCCCCC/C=C\C/C=C\CCCCC)OC(=O)CCCCCCC/C=C\CCCCCCC. The zero-order valence-electron chi connectivity index (χ0n) is 39.5. The van der Waals surface area contributed by atoms with Gasteiger partial charge in [-0.15, -0.1) is 0 Å². The van der Waals surface area contributed by atoms with Gasteiger partial charge in [0.25, 0.3) is 0 Å². The summed E-state index contributed by atoms with van der Waals surface area (Å²) in [5, 5.41) is 0. The molecule has 0 bridgehead atoms. The van der Waals surface area contributed by atoms with Crippen LogP contribution in [0.25, 0.3) is 0 Å². The molecule has 0 amide bonds. The van der Waals surface area contributed by atoms with Gasteiger partial charge in [-0.2, -0.15) is 0 Å². The van der Waals surface area contributed by atoms with Crippen LogP contribution in [0.5, 0.6) is 0 Å². The minimum Gasteiger partial charge on any atom is -0.462 e. The van der Waals surface area contributed by atoms with Crippen LogP contribution < -0.4 is 0 Å². The molecule has 0 saturated heterocycles. The highest BCUT2D eigenvalue weighted by Crippen LogP contribution is 2.13. The molecule has 0 heterocycles. The van der Waals surface area contributed by atoms with E-state index in [-0.39, 0.29) is 31.1 Å². The van der Waals surface area contributed by atoms with E-state index in [1.165, 1.54) is 83.5 Å². The van der Waals surface area contributed by atoms with Crippen LogP contribution in [0.15, 0.2) is 60.8 Å². The van der Waals surface area contributed by atoms with Gasteiger partial charge in [-0.05, 0) is 103 Å². The Morgan fingerprint density at radius 3 is 1.03 bits per heavy atom. The van der Waals surface area contributed by atoms with Gasteiger partial charge in [-0.1, -0.05) is 184 Å². The Bertz CT molecular complexity index is 1100. The van der Waals surface area contributed by atoms with Gasteiger partial charge in [0.05, 0.1) is 0 Å². The van der Waals surface area contributed by atoms with Crippen molar-refractivity contribution < 1.29 is 28.6 Å². The highest BCUT2D eigenvalue weighted by molar-refractivity contribution is 5.71. The fourth-order valence-corrected chi connectivity index (χ4v) is 6.86. The third-order valence-corrected chi connectivity index (χ3v) is 10.7. The van der Waals surface area contributed by atoms with E-state index >= 15 is 0 Å². The molecule has 0 aliphatic carbocycles. The molecule has 6 nitrogen and oxygen atoms in total. The first-order chi connectivity index (χ1) is 29.5. The second kappa shape index (κ2) is 48.8. The summed E-state index contributed by atoms with van der Waals surface area (Å²) >= 11 is 0. The van der Waals surface area contributed by atoms with E-state index in [9.17, 15) is 14.4 Å². The molecule has 0 aromatic heterocycles. The molecule has 0 aromatic carbocycles. The van der Waals surface area contributed by atoms with E-state index in [4.69, 9.17) is 14.2 Å². The van der Waals surface area contributed by atoms with E-state index in [1.54, 1.807) is 0 Å². The first-order valence-corrected chi connectivity index (χ1v) is 25.3. The van der Waals surface area contributed by atoms with Crippen molar-refractivity contribution in [1.82, 2.24) is 0 Å². The van der Waals surface area contributed by atoms with Gasteiger partial charge in [0.2, 0.25) is 0 Å². The predicted molar refractivity (Wildman–Crippen MR) is 256 cm³/mol. The number of carbonyl (C=O) groups is 3. The van der Waals surface area contributed by atoms with Crippen LogP contribution in [-0.4, -0.2) is 37.2 Å². The lowest BCUT2D eigenvalue weighted by atomic mass is 10.1. The zero-order valence-corrected chi connectivity index (χ0v) is 39.5. The highest BCUT2D eigenvalue weighted by Gasteiger charge is 2.19. The second-order valence-corrected chi connectivity index (χ2v) is 16.7. The van der Waals surface area contributed by atoms with Gasteiger partial charge < -0.3 is 14.2 Å². The summed E-state index contributed by atoms with van der Waals surface area (Å²) in [6.45, 7) is 6.51. The summed E-state index contributed by atoms with van der Waals surface area (Å²) in [6.07, 6.45) is 59.1. The Kier molecular flexibility index (Phi) is 46.4. The highest BCUT2D eigenvalue weighted by atomic mass is 16.6. The minimum atomic E-state index is -0.788. The molecule has 0 aromatic rings. The first kappa shape index (κ1) is 57.1. The van der Waals surface area contributed by atoms with Crippen molar-refractivity contribution in [1.29, 1.82) is 0 Å². The molecular formula is C54H94O6. The van der Waals surface area contributed by atoms with Gasteiger partial charge in [0, 0.05) is 19.3 Å². The van der Waals surface area contributed by atoms with E-state index in [0.717, 1.165) is 122 Å². The molecule has 0 spiro atoms. The van der Waals surface area contributed by atoms with Crippen molar-refractivity contribution in [3.05, 3.63) is 60.8 Å². The number of carbonyl (C=O) groups excluding carboxylic acids is 3. The summed E-state index contributed by atoms with van der Waals surface area (Å²) in [4.78, 5) is 37.9. The van der Waals surface area contributed by atoms with Crippen molar-refractivity contribution in [2.75, 3.05) is 13.2 Å². The van der Waals surface area contributed by atoms with E-state index in [1.807, 2.05) is 0 Å². The van der Waals surface area contributed by atoms with Crippen molar-refractivity contribution >= 4 is 17.9 Å². The predicted octanol–water partition coefficient (Wildman–Crippen LogP) is 16.5. The van der Waals surface area contributed by atoms with Gasteiger partial charge in [0.1, 0.15) is 13.2 Å².